The molecule has 10 heteroatoms. The van der Waals surface area contributed by atoms with Crippen LogP contribution in [-0.2, 0) is 12.6 Å². The summed E-state index contributed by atoms with van der Waals surface area (Å²) in [6, 6.07) is 11.9. The second-order valence-electron chi connectivity index (χ2n) is 7.83. The van der Waals surface area contributed by atoms with E-state index in [9.17, 15) is 22.0 Å². The maximum absolute atomic E-state index is 14.5. The lowest BCUT2D eigenvalue weighted by atomic mass is 9.96. The van der Waals surface area contributed by atoms with Gasteiger partial charge in [-0.1, -0.05) is 30.8 Å². The smallest absolute Gasteiger partial charge is 0.425 e. The number of hydrogen-bond donors (Lipinski definition) is 2. The molecule has 35 heavy (non-hydrogen) atoms. The van der Waals surface area contributed by atoms with Gasteiger partial charge < -0.3 is 8.38 Å². The fraction of sp³-hybridized carbons (Fsp3) is 0.240. The Morgan fingerprint density at radius 2 is 1.74 bits per heavy atom. The fourth-order valence-corrected chi connectivity index (χ4v) is 3.95. The van der Waals surface area contributed by atoms with E-state index >= 15 is 0 Å². The second kappa shape index (κ2) is 11.8. The zero-order valence-corrected chi connectivity index (χ0v) is 20.8. The van der Waals surface area contributed by atoms with Gasteiger partial charge in [-0.3, -0.25) is 10.3 Å². The first kappa shape index (κ1) is 26.9. The van der Waals surface area contributed by atoms with Crippen molar-refractivity contribution in [3.63, 3.8) is 0 Å². The highest BCUT2D eigenvalue weighted by Gasteiger charge is 2.32. The number of aromatic nitrogens is 1. The molecule has 0 bridgehead atoms. The Bertz CT molecular complexity index is 1140. The molecule has 0 aliphatic carbocycles. The molecule has 2 aromatic carbocycles. The van der Waals surface area contributed by atoms with Crippen LogP contribution >= 0.6 is 23.0 Å². The van der Waals surface area contributed by atoms with E-state index in [1.807, 2.05) is 0 Å². The number of alkyl halides is 3. The highest BCUT2D eigenvalue weighted by atomic mass is 127. The molecule has 3 rings (SSSR count). The van der Waals surface area contributed by atoms with Crippen molar-refractivity contribution >= 4 is 23.0 Å². The summed E-state index contributed by atoms with van der Waals surface area (Å²) in [5.74, 6) is -0.856. The number of hydrogen-bond acceptors (Lipinski definition) is 4. The van der Waals surface area contributed by atoms with Crippen molar-refractivity contribution in [1.29, 1.82) is 0 Å². The molecule has 0 saturated heterocycles. The minimum atomic E-state index is -4.52. The first-order valence-electron chi connectivity index (χ1n) is 10.6. The van der Waals surface area contributed by atoms with Crippen molar-refractivity contribution in [3.8, 4) is 5.75 Å². The molecule has 0 saturated carbocycles. The summed E-state index contributed by atoms with van der Waals surface area (Å²) in [4.78, 5) is 3.51. The molecule has 2 N–H and O–H groups in total. The highest BCUT2D eigenvalue weighted by molar-refractivity contribution is 14.1. The van der Waals surface area contributed by atoms with E-state index < -0.39 is 29.8 Å². The number of halogens is 6. The fourth-order valence-electron chi connectivity index (χ4n) is 3.59. The maximum Gasteiger partial charge on any atom is 0.433 e. The van der Waals surface area contributed by atoms with Gasteiger partial charge in [0.15, 0.2) is 34.6 Å². The van der Waals surface area contributed by atoms with E-state index in [1.165, 1.54) is 36.5 Å². The second-order valence-corrected chi connectivity index (χ2v) is 8.27. The molecule has 0 radical (unpaired) electrons. The van der Waals surface area contributed by atoms with Crippen molar-refractivity contribution < 1.29 is 25.0 Å². The Morgan fingerprint density at radius 1 is 1.06 bits per heavy atom. The van der Waals surface area contributed by atoms with Crippen LogP contribution in [0.1, 0.15) is 40.9 Å². The monoisotopic (exact) mass is 603 g/mol. The third-order valence-electron chi connectivity index (χ3n) is 5.52. The SMILES string of the molecule is C=C(NC)C(NC(CCc1ccc(C(F)(F)F)nc1)c1ccc(OI)c(F)c1)c1ccc(F)cc1. The molecular formula is C25H23F5IN3O. The molecule has 0 fully saturated rings. The molecule has 186 valence electrons. The molecule has 2 unspecified atom stereocenters. The van der Waals surface area contributed by atoms with Gasteiger partial charge >= 0.3 is 6.18 Å². The summed E-state index contributed by atoms with van der Waals surface area (Å²) in [6.07, 6.45) is -2.54. The number of pyridine rings is 1. The van der Waals surface area contributed by atoms with E-state index in [-0.39, 0.29) is 11.6 Å². The van der Waals surface area contributed by atoms with Crippen molar-refractivity contribution in [2.75, 3.05) is 7.05 Å². The largest absolute Gasteiger partial charge is 0.433 e. The molecule has 2 atom stereocenters. The lowest BCUT2D eigenvalue weighted by molar-refractivity contribution is -0.141. The summed E-state index contributed by atoms with van der Waals surface area (Å²) in [6.45, 7) is 4.04. The summed E-state index contributed by atoms with van der Waals surface area (Å²) in [5.41, 5.74) is 1.58. The first-order valence-corrected chi connectivity index (χ1v) is 11.5. The van der Waals surface area contributed by atoms with Gasteiger partial charge in [-0.05, 0) is 59.9 Å². The van der Waals surface area contributed by atoms with Crippen LogP contribution in [0.15, 0.2) is 73.1 Å². The van der Waals surface area contributed by atoms with E-state index in [0.717, 1.165) is 11.6 Å². The highest BCUT2D eigenvalue weighted by Crippen LogP contribution is 2.31. The third kappa shape index (κ3) is 7.14. The van der Waals surface area contributed by atoms with E-state index in [4.69, 9.17) is 3.07 Å². The average Bonchev–Trinajstić information content (AvgIpc) is 2.84. The summed E-state index contributed by atoms with van der Waals surface area (Å²) in [5, 5.41) is 6.43. The van der Waals surface area contributed by atoms with Gasteiger partial charge in [-0.2, -0.15) is 13.2 Å². The predicted octanol–water partition coefficient (Wildman–Crippen LogP) is 6.85. The molecule has 1 heterocycles. The topological polar surface area (TPSA) is 46.2 Å². The first-order chi connectivity index (χ1) is 16.6. The van der Waals surface area contributed by atoms with Gasteiger partial charge in [-0.15, -0.1) is 0 Å². The van der Waals surface area contributed by atoms with Gasteiger partial charge in [0, 0.05) is 25.0 Å². The number of aryl methyl sites for hydroxylation is 1. The number of nitrogens with zero attached hydrogens (tertiary/aromatic N) is 1. The minimum absolute atomic E-state index is 0.0785. The van der Waals surface area contributed by atoms with Gasteiger partial charge in [-0.25, -0.2) is 8.78 Å². The standard InChI is InChI=1S/C25H23F5IN3O/c1-15(32-2)24(17-5-8-19(26)9-6-17)34-21(18-7-11-22(35-31)20(27)13-18)10-3-16-4-12-23(33-14-16)25(28,29)30/h4-9,11-14,21,24,32,34H,1,3,10H2,2H3. The lowest BCUT2D eigenvalue weighted by Gasteiger charge is -2.28. The molecule has 0 aliphatic heterocycles. The van der Waals surface area contributed by atoms with Crippen molar-refractivity contribution in [2.45, 2.75) is 31.1 Å². The quantitative estimate of drug-likeness (QED) is 0.197. The van der Waals surface area contributed by atoms with Crippen LogP contribution in [0.2, 0.25) is 0 Å². The van der Waals surface area contributed by atoms with Gasteiger partial charge in [0.2, 0.25) is 0 Å². The van der Waals surface area contributed by atoms with Crippen LogP contribution in [-0.4, -0.2) is 12.0 Å². The summed E-state index contributed by atoms with van der Waals surface area (Å²) in [7, 11) is 1.70. The Kier molecular flexibility index (Phi) is 9.06. The molecule has 0 aliphatic rings. The Hall–Kier alpha value is -2.73. The zero-order chi connectivity index (χ0) is 25.6. The molecular weight excluding hydrogens is 580 g/mol. The Labute approximate surface area is 214 Å². The van der Waals surface area contributed by atoms with Crippen LogP contribution in [0.5, 0.6) is 5.75 Å². The maximum atomic E-state index is 14.5. The number of likely N-dealkylation sites (N-methyl/N-ethyl adjacent to an activating group) is 1. The van der Waals surface area contributed by atoms with Crippen LogP contribution < -0.4 is 13.7 Å². The number of benzene rings is 2. The van der Waals surface area contributed by atoms with Crippen LogP contribution in [0.25, 0.3) is 0 Å². The minimum Gasteiger partial charge on any atom is -0.425 e. The van der Waals surface area contributed by atoms with Crippen molar-refractivity contribution in [1.82, 2.24) is 15.6 Å². The molecule has 4 nitrogen and oxygen atoms in total. The van der Waals surface area contributed by atoms with Crippen LogP contribution in [0.3, 0.4) is 0 Å². The van der Waals surface area contributed by atoms with Crippen LogP contribution in [0.4, 0.5) is 22.0 Å². The van der Waals surface area contributed by atoms with Gasteiger partial charge in [0.05, 0.1) is 6.04 Å². The lowest BCUT2D eigenvalue weighted by Crippen LogP contribution is -2.31. The van der Waals surface area contributed by atoms with Crippen molar-refractivity contribution in [3.05, 3.63) is 107 Å². The Balaban J connectivity index is 1.90. The number of rotatable bonds is 10. The average molecular weight is 603 g/mol. The van der Waals surface area contributed by atoms with E-state index in [2.05, 4.69) is 22.2 Å². The molecule has 0 spiro atoms. The Morgan fingerprint density at radius 3 is 2.29 bits per heavy atom. The van der Waals surface area contributed by atoms with E-state index in [1.54, 1.807) is 48.3 Å². The summed E-state index contributed by atoms with van der Waals surface area (Å²) >= 11 is 1.59. The van der Waals surface area contributed by atoms with Crippen LogP contribution in [0, 0.1) is 11.6 Å². The summed E-state index contributed by atoms with van der Waals surface area (Å²) < 4.78 is 71.5. The molecule has 1 aromatic heterocycles. The van der Waals surface area contributed by atoms with E-state index in [0.29, 0.717) is 29.7 Å². The normalized spacial score (nSPS) is 13.2. The predicted molar refractivity (Wildman–Crippen MR) is 132 cm³/mol. The van der Waals surface area contributed by atoms with Crippen molar-refractivity contribution in [2.24, 2.45) is 0 Å². The van der Waals surface area contributed by atoms with Gasteiger partial charge in [0.25, 0.3) is 0 Å². The van der Waals surface area contributed by atoms with Gasteiger partial charge in [0.1, 0.15) is 11.5 Å². The number of nitrogens with one attached hydrogen (secondary N) is 2. The zero-order valence-electron chi connectivity index (χ0n) is 18.7. The molecule has 0 amide bonds. The molecule has 3 aromatic rings. The third-order valence-corrected chi connectivity index (χ3v) is 5.99.